The standard InChI is InChI=1S/C21H21ClN6OS/c1-12-13(2)30-20(24-12)26-21(29)28-16-5-7-27(8-6-16)18-4-3-17(25-19(18)28)14-9-15(22)11-23-10-14/h3-4,9-11,16H,5-8H2,1-2H3,(H,24,26,29). The lowest BCUT2D eigenvalue weighted by atomic mass is 10.1. The number of nitrogens with zero attached hydrogens (tertiary/aromatic N) is 5. The summed E-state index contributed by atoms with van der Waals surface area (Å²) in [7, 11) is 0. The first-order valence-corrected chi connectivity index (χ1v) is 11.1. The number of carbonyl (C=O) groups is 1. The van der Waals surface area contributed by atoms with Crippen LogP contribution in [0.4, 0.5) is 21.4 Å². The normalized spacial score (nSPS) is 15.8. The molecular weight excluding hydrogens is 420 g/mol. The summed E-state index contributed by atoms with van der Waals surface area (Å²) in [5.41, 5.74) is 3.48. The number of aryl methyl sites for hydroxylation is 2. The summed E-state index contributed by atoms with van der Waals surface area (Å²) < 4.78 is 0. The molecule has 6 rings (SSSR count). The lowest BCUT2D eigenvalue weighted by Crippen LogP contribution is -2.46. The van der Waals surface area contributed by atoms with Gasteiger partial charge in [-0.25, -0.2) is 14.8 Å². The predicted octanol–water partition coefficient (Wildman–Crippen LogP) is 4.89. The molecule has 6 heterocycles. The minimum atomic E-state index is -0.187. The first-order valence-electron chi connectivity index (χ1n) is 9.91. The third-order valence-electron chi connectivity index (χ3n) is 5.71. The van der Waals surface area contributed by atoms with Crippen LogP contribution in [0.2, 0.25) is 5.02 Å². The fourth-order valence-corrected chi connectivity index (χ4v) is 5.03. The van der Waals surface area contributed by atoms with Gasteiger partial charge in [0.05, 0.1) is 22.1 Å². The van der Waals surface area contributed by atoms with Crippen LogP contribution in [0.25, 0.3) is 11.3 Å². The van der Waals surface area contributed by atoms with E-state index in [1.54, 1.807) is 12.4 Å². The number of halogens is 1. The second-order valence-corrected chi connectivity index (χ2v) is 9.25. The molecule has 0 saturated carbocycles. The number of pyridine rings is 2. The highest BCUT2D eigenvalue weighted by molar-refractivity contribution is 7.15. The van der Waals surface area contributed by atoms with Gasteiger partial charge in [0.25, 0.3) is 0 Å². The molecule has 3 aliphatic rings. The van der Waals surface area contributed by atoms with E-state index in [1.165, 1.54) is 11.3 Å². The summed E-state index contributed by atoms with van der Waals surface area (Å²) in [6, 6.07) is 5.76. The van der Waals surface area contributed by atoms with Crippen molar-refractivity contribution >= 4 is 45.6 Å². The molecule has 1 saturated heterocycles. The Balaban J connectivity index is 1.56. The van der Waals surface area contributed by atoms with E-state index in [1.807, 2.05) is 36.9 Å². The van der Waals surface area contributed by atoms with E-state index < -0.39 is 0 Å². The lowest BCUT2D eigenvalue weighted by molar-refractivity contribution is 0.253. The number of amides is 2. The summed E-state index contributed by atoms with van der Waals surface area (Å²) in [4.78, 5) is 32.1. The summed E-state index contributed by atoms with van der Waals surface area (Å²) in [6.07, 6.45) is 5.15. The Morgan fingerprint density at radius 3 is 2.70 bits per heavy atom. The molecule has 9 heteroatoms. The highest BCUT2D eigenvalue weighted by atomic mass is 35.5. The number of hydrogen-bond donors (Lipinski definition) is 1. The van der Waals surface area contributed by atoms with E-state index in [0.717, 1.165) is 53.4 Å². The average Bonchev–Trinajstić information content (AvgIpc) is 2.90. The number of carbonyl (C=O) groups excluding carboxylic acids is 1. The number of rotatable bonds is 2. The summed E-state index contributed by atoms with van der Waals surface area (Å²) >= 11 is 7.62. The van der Waals surface area contributed by atoms with E-state index in [9.17, 15) is 4.79 Å². The molecular formula is C21H21ClN6OS. The first kappa shape index (κ1) is 19.3. The average molecular weight is 441 g/mol. The van der Waals surface area contributed by atoms with Crippen LogP contribution >= 0.6 is 22.9 Å². The van der Waals surface area contributed by atoms with Gasteiger partial charge in [-0.3, -0.25) is 15.2 Å². The van der Waals surface area contributed by atoms with Gasteiger partial charge in [-0.1, -0.05) is 11.6 Å². The molecule has 3 aliphatic heterocycles. The smallest absolute Gasteiger partial charge is 0.329 e. The highest BCUT2D eigenvalue weighted by Crippen LogP contribution is 2.39. The first-order chi connectivity index (χ1) is 14.5. The number of hydrogen-bond acceptors (Lipinski definition) is 6. The van der Waals surface area contributed by atoms with Gasteiger partial charge in [0, 0.05) is 42.0 Å². The molecule has 0 spiro atoms. The van der Waals surface area contributed by atoms with Crippen molar-refractivity contribution in [2.45, 2.75) is 32.7 Å². The molecule has 154 valence electrons. The quantitative estimate of drug-likeness (QED) is 0.614. The van der Waals surface area contributed by atoms with Gasteiger partial charge in [0.2, 0.25) is 0 Å². The Bertz CT molecular complexity index is 1100. The summed E-state index contributed by atoms with van der Waals surface area (Å²) in [5, 5.41) is 4.17. The van der Waals surface area contributed by atoms with Crippen molar-refractivity contribution in [1.82, 2.24) is 15.0 Å². The third kappa shape index (κ3) is 3.40. The van der Waals surface area contributed by atoms with Crippen LogP contribution in [-0.4, -0.2) is 40.1 Å². The number of fused-ring (bicyclic) bond motifs is 2. The topological polar surface area (TPSA) is 74.2 Å². The van der Waals surface area contributed by atoms with Crippen LogP contribution in [0.15, 0.2) is 30.6 Å². The largest absolute Gasteiger partial charge is 0.368 e. The maximum absolute atomic E-state index is 13.4. The van der Waals surface area contributed by atoms with Gasteiger partial charge >= 0.3 is 6.03 Å². The third-order valence-corrected chi connectivity index (χ3v) is 6.91. The minimum Gasteiger partial charge on any atom is -0.368 e. The molecule has 0 unspecified atom stereocenters. The summed E-state index contributed by atoms with van der Waals surface area (Å²) in [6.45, 7) is 5.78. The predicted molar refractivity (Wildman–Crippen MR) is 121 cm³/mol. The molecule has 0 aliphatic carbocycles. The number of aromatic nitrogens is 3. The van der Waals surface area contributed by atoms with Crippen LogP contribution in [0.5, 0.6) is 0 Å². The van der Waals surface area contributed by atoms with Crippen LogP contribution in [0.3, 0.4) is 0 Å². The van der Waals surface area contributed by atoms with Crippen molar-refractivity contribution < 1.29 is 4.79 Å². The van der Waals surface area contributed by atoms with Gasteiger partial charge in [-0.2, -0.15) is 0 Å². The Hall–Kier alpha value is -2.71. The monoisotopic (exact) mass is 440 g/mol. The fraction of sp³-hybridized carbons (Fsp3) is 0.333. The van der Waals surface area contributed by atoms with Crippen molar-refractivity contribution in [1.29, 1.82) is 0 Å². The Kier molecular flexibility index (Phi) is 4.83. The van der Waals surface area contributed by atoms with Crippen molar-refractivity contribution in [3.8, 4) is 11.3 Å². The van der Waals surface area contributed by atoms with E-state index in [2.05, 4.69) is 20.2 Å². The molecule has 3 aromatic heterocycles. The zero-order chi connectivity index (χ0) is 20.8. The number of nitrogens with one attached hydrogen (secondary N) is 1. The fourth-order valence-electron chi connectivity index (χ4n) is 4.06. The SMILES string of the molecule is Cc1nc(NC(=O)N2c3nc(-c4cncc(Cl)c4)ccc3N3CCC2CC3)sc1C. The molecule has 0 aromatic carbocycles. The highest BCUT2D eigenvalue weighted by Gasteiger charge is 2.37. The van der Waals surface area contributed by atoms with Gasteiger partial charge in [-0.15, -0.1) is 11.3 Å². The molecule has 30 heavy (non-hydrogen) atoms. The van der Waals surface area contributed by atoms with Crippen molar-refractivity contribution in [2.75, 3.05) is 28.2 Å². The second kappa shape index (κ2) is 7.52. The number of thiazole rings is 1. The van der Waals surface area contributed by atoms with Gasteiger partial charge < -0.3 is 4.90 Å². The van der Waals surface area contributed by atoms with Crippen LogP contribution < -0.4 is 15.1 Å². The van der Waals surface area contributed by atoms with Gasteiger partial charge in [0.15, 0.2) is 10.9 Å². The van der Waals surface area contributed by atoms with Crippen LogP contribution in [0.1, 0.15) is 23.4 Å². The van der Waals surface area contributed by atoms with E-state index in [-0.39, 0.29) is 12.1 Å². The van der Waals surface area contributed by atoms with Gasteiger partial charge in [0.1, 0.15) is 0 Å². The lowest BCUT2D eigenvalue weighted by Gasteiger charge is -2.31. The molecule has 0 radical (unpaired) electrons. The van der Waals surface area contributed by atoms with Crippen LogP contribution in [0, 0.1) is 13.8 Å². The maximum atomic E-state index is 13.4. The minimum absolute atomic E-state index is 0.102. The number of anilines is 3. The van der Waals surface area contributed by atoms with E-state index >= 15 is 0 Å². The summed E-state index contributed by atoms with van der Waals surface area (Å²) in [5.74, 6) is 0.676. The molecule has 1 N–H and O–H groups in total. The Morgan fingerprint density at radius 1 is 1.20 bits per heavy atom. The van der Waals surface area contributed by atoms with Crippen molar-refractivity contribution in [3.63, 3.8) is 0 Å². The second-order valence-electron chi connectivity index (χ2n) is 7.61. The molecule has 3 aromatic rings. The molecule has 7 nitrogen and oxygen atoms in total. The molecule has 1 fully saturated rings. The van der Waals surface area contributed by atoms with Gasteiger partial charge in [-0.05, 0) is 44.9 Å². The number of piperidine rings is 1. The zero-order valence-electron chi connectivity index (χ0n) is 16.7. The Morgan fingerprint density at radius 2 is 2.00 bits per heavy atom. The van der Waals surface area contributed by atoms with Crippen LogP contribution in [-0.2, 0) is 0 Å². The van der Waals surface area contributed by atoms with Crippen molar-refractivity contribution in [3.05, 3.63) is 46.2 Å². The number of urea groups is 1. The van der Waals surface area contributed by atoms with E-state index in [4.69, 9.17) is 16.6 Å². The molecule has 2 amide bonds. The Labute approximate surface area is 183 Å². The van der Waals surface area contributed by atoms with E-state index in [0.29, 0.717) is 16.0 Å². The maximum Gasteiger partial charge on any atom is 0.329 e. The zero-order valence-corrected chi connectivity index (χ0v) is 18.3. The molecule has 0 atom stereocenters. The molecule has 2 bridgehead atoms. The van der Waals surface area contributed by atoms with Crippen molar-refractivity contribution in [2.24, 2.45) is 0 Å².